The van der Waals surface area contributed by atoms with Crippen LogP contribution in [-0.2, 0) is 26.4 Å². The molecule has 244 valence electrons. The van der Waals surface area contributed by atoms with Crippen molar-refractivity contribution < 1.29 is 28.6 Å². The molecule has 45 heavy (non-hydrogen) atoms. The van der Waals surface area contributed by atoms with Gasteiger partial charge in [-0.3, -0.25) is 9.48 Å². The molecule has 2 aromatic rings. The van der Waals surface area contributed by atoms with E-state index in [0.29, 0.717) is 57.8 Å². The van der Waals surface area contributed by atoms with Crippen LogP contribution in [0.5, 0.6) is 5.75 Å². The Labute approximate surface area is 265 Å². The van der Waals surface area contributed by atoms with Gasteiger partial charge in [-0.15, -0.1) is 0 Å². The molecular weight excluding hydrogens is 574 g/mol. The third-order valence-electron chi connectivity index (χ3n) is 9.53. The summed E-state index contributed by atoms with van der Waals surface area (Å²) in [6.07, 6.45) is 4.18. The zero-order valence-corrected chi connectivity index (χ0v) is 27.5. The molecule has 1 aromatic carbocycles. The molecule has 1 N–H and O–H groups in total. The van der Waals surface area contributed by atoms with E-state index in [2.05, 4.69) is 5.32 Å². The lowest BCUT2D eigenvalue weighted by Gasteiger charge is -2.45. The van der Waals surface area contributed by atoms with Crippen LogP contribution >= 0.6 is 0 Å². The first-order valence-electron chi connectivity index (χ1n) is 16.3. The van der Waals surface area contributed by atoms with Crippen LogP contribution in [0.25, 0.3) is 11.3 Å². The van der Waals surface area contributed by atoms with E-state index in [1.54, 1.807) is 14.5 Å². The first-order valence-corrected chi connectivity index (χ1v) is 16.3. The maximum absolute atomic E-state index is 13.4. The zero-order chi connectivity index (χ0) is 32.1. The molecule has 4 heterocycles. The lowest BCUT2D eigenvalue weighted by atomic mass is 9.79. The average Bonchev–Trinajstić information content (AvgIpc) is 3.73. The Morgan fingerprint density at radius 1 is 1.04 bits per heavy atom. The van der Waals surface area contributed by atoms with Gasteiger partial charge in [0.15, 0.2) is 0 Å². The summed E-state index contributed by atoms with van der Waals surface area (Å²) in [7, 11) is 0. The normalized spacial score (nSPS) is 21.8. The predicted octanol–water partition coefficient (Wildman–Crippen LogP) is 5.38. The molecular formula is C34H47N5O6. The SMILES string of the molecule is Cc1c2c(nn1CC(=O)NC1CCN(C(=O)OC(C)(C)C)C(C)(C)C1)-c1ccccc1OC21CCN(C(=O)OCC2CC2)CC1. The number of piperidine rings is 2. The highest BCUT2D eigenvalue weighted by Crippen LogP contribution is 2.50. The minimum Gasteiger partial charge on any atom is -0.482 e. The molecule has 11 nitrogen and oxygen atoms in total. The van der Waals surface area contributed by atoms with Gasteiger partial charge in [0.25, 0.3) is 0 Å². The van der Waals surface area contributed by atoms with Gasteiger partial charge >= 0.3 is 12.2 Å². The number of likely N-dealkylation sites (tertiary alicyclic amines) is 2. The maximum atomic E-state index is 13.4. The van der Waals surface area contributed by atoms with Gasteiger partial charge in [0.2, 0.25) is 5.91 Å². The number of aromatic nitrogens is 2. The number of nitrogens with zero attached hydrogens (tertiary/aromatic N) is 4. The standard InChI is InChI=1S/C34H47N5O6/c1-22-28-29(36-39(22)20-27(40)35-24-13-16-38(33(5,6)19-24)31(42)45-32(2,3)4)25-9-7-8-10-26(25)44-34(28)14-17-37(18-15-34)30(41)43-21-23-11-12-23/h7-10,23-24H,11-21H2,1-6H3,(H,35,40). The molecule has 3 aliphatic heterocycles. The largest absolute Gasteiger partial charge is 0.482 e. The number of para-hydroxylation sites is 1. The van der Waals surface area contributed by atoms with Gasteiger partial charge in [-0.25, -0.2) is 9.59 Å². The molecule has 1 aromatic heterocycles. The highest BCUT2D eigenvalue weighted by molar-refractivity contribution is 5.78. The summed E-state index contributed by atoms with van der Waals surface area (Å²) in [5, 5.41) is 8.19. The van der Waals surface area contributed by atoms with Crippen molar-refractivity contribution in [2.45, 2.75) is 109 Å². The van der Waals surface area contributed by atoms with Crippen molar-refractivity contribution in [2.75, 3.05) is 26.2 Å². The fourth-order valence-corrected chi connectivity index (χ4v) is 7.01. The Bertz CT molecular complexity index is 1460. The van der Waals surface area contributed by atoms with Crippen molar-refractivity contribution >= 4 is 18.1 Å². The predicted molar refractivity (Wildman–Crippen MR) is 168 cm³/mol. The van der Waals surface area contributed by atoms with Crippen molar-refractivity contribution in [3.05, 3.63) is 35.5 Å². The summed E-state index contributed by atoms with van der Waals surface area (Å²) < 4.78 is 19.7. The lowest BCUT2D eigenvalue weighted by molar-refractivity contribution is -0.123. The number of benzene rings is 1. The van der Waals surface area contributed by atoms with Crippen molar-refractivity contribution in [3.63, 3.8) is 0 Å². The molecule has 6 rings (SSSR count). The minimum atomic E-state index is -0.645. The Balaban J connectivity index is 1.15. The van der Waals surface area contributed by atoms with Crippen LogP contribution in [0.3, 0.4) is 0 Å². The van der Waals surface area contributed by atoms with Crippen molar-refractivity contribution in [3.8, 4) is 17.0 Å². The van der Waals surface area contributed by atoms with Gasteiger partial charge in [0, 0.05) is 60.9 Å². The number of rotatable bonds is 5. The molecule has 1 saturated carbocycles. The van der Waals surface area contributed by atoms with Crippen LogP contribution in [0, 0.1) is 12.8 Å². The summed E-state index contributed by atoms with van der Waals surface area (Å²) >= 11 is 0. The molecule has 0 bridgehead atoms. The van der Waals surface area contributed by atoms with E-state index in [9.17, 15) is 14.4 Å². The third kappa shape index (κ3) is 6.49. The minimum absolute atomic E-state index is 0.0728. The Morgan fingerprint density at radius 3 is 2.42 bits per heavy atom. The second-order valence-electron chi connectivity index (χ2n) is 14.8. The van der Waals surface area contributed by atoms with Crippen LogP contribution in [0.15, 0.2) is 24.3 Å². The smallest absolute Gasteiger partial charge is 0.410 e. The number of hydrogen-bond acceptors (Lipinski definition) is 7. The van der Waals surface area contributed by atoms with Crippen LogP contribution < -0.4 is 10.1 Å². The monoisotopic (exact) mass is 621 g/mol. The number of carbonyl (C=O) groups is 3. The quantitative estimate of drug-likeness (QED) is 0.477. The second-order valence-corrected chi connectivity index (χ2v) is 14.8. The molecule has 3 fully saturated rings. The topological polar surface area (TPSA) is 115 Å². The number of hydrogen-bond donors (Lipinski definition) is 1. The molecule has 1 spiro atoms. The van der Waals surface area contributed by atoms with E-state index in [1.807, 2.05) is 65.8 Å². The van der Waals surface area contributed by atoms with Crippen molar-refractivity contribution in [1.82, 2.24) is 24.9 Å². The first-order chi connectivity index (χ1) is 21.2. The number of amides is 3. The lowest BCUT2D eigenvalue weighted by Crippen LogP contribution is -2.58. The molecule has 1 aliphatic carbocycles. The summed E-state index contributed by atoms with van der Waals surface area (Å²) in [6.45, 7) is 13.7. The van der Waals surface area contributed by atoms with E-state index in [0.717, 1.165) is 41.1 Å². The van der Waals surface area contributed by atoms with Gasteiger partial charge in [-0.2, -0.15) is 5.10 Å². The summed E-state index contributed by atoms with van der Waals surface area (Å²) in [6, 6.07) is 7.81. The number of carbonyl (C=O) groups excluding carboxylic acids is 3. The molecule has 3 amide bonds. The maximum Gasteiger partial charge on any atom is 0.410 e. The fraction of sp³-hybridized carbons (Fsp3) is 0.647. The van der Waals surface area contributed by atoms with Crippen LogP contribution in [0.2, 0.25) is 0 Å². The van der Waals surface area contributed by atoms with Crippen molar-refractivity contribution in [1.29, 1.82) is 0 Å². The first kappa shape index (κ1) is 31.2. The Hall–Kier alpha value is -3.76. The van der Waals surface area contributed by atoms with Gasteiger partial charge < -0.3 is 29.3 Å². The molecule has 2 saturated heterocycles. The van der Waals surface area contributed by atoms with Crippen molar-refractivity contribution in [2.24, 2.45) is 5.92 Å². The molecule has 1 unspecified atom stereocenters. The van der Waals surface area contributed by atoms with E-state index in [4.69, 9.17) is 19.3 Å². The Kier molecular flexibility index (Phi) is 8.02. The second kappa shape index (κ2) is 11.6. The molecule has 1 atom stereocenters. The molecule has 4 aliphatic rings. The molecule has 0 radical (unpaired) electrons. The van der Waals surface area contributed by atoms with E-state index in [-0.39, 0.29) is 30.7 Å². The van der Waals surface area contributed by atoms with Crippen LogP contribution in [0.1, 0.15) is 84.4 Å². The number of fused-ring (bicyclic) bond motifs is 4. The van der Waals surface area contributed by atoms with Crippen LogP contribution in [-0.4, -0.2) is 81.1 Å². The van der Waals surface area contributed by atoms with E-state index >= 15 is 0 Å². The fourth-order valence-electron chi connectivity index (χ4n) is 7.01. The zero-order valence-electron chi connectivity index (χ0n) is 27.5. The van der Waals surface area contributed by atoms with E-state index < -0.39 is 16.7 Å². The van der Waals surface area contributed by atoms with Gasteiger partial charge in [-0.05, 0) is 85.3 Å². The van der Waals surface area contributed by atoms with Crippen LogP contribution in [0.4, 0.5) is 9.59 Å². The van der Waals surface area contributed by atoms with Gasteiger partial charge in [-0.1, -0.05) is 12.1 Å². The van der Waals surface area contributed by atoms with Gasteiger partial charge in [0.1, 0.15) is 29.2 Å². The number of ether oxygens (including phenoxy) is 3. The highest BCUT2D eigenvalue weighted by atomic mass is 16.6. The summed E-state index contributed by atoms with van der Waals surface area (Å²) in [5.41, 5.74) is 1.94. The summed E-state index contributed by atoms with van der Waals surface area (Å²) in [5.74, 6) is 1.16. The highest BCUT2D eigenvalue weighted by Gasteiger charge is 2.48. The molecule has 11 heteroatoms. The number of nitrogens with one attached hydrogen (secondary N) is 1. The summed E-state index contributed by atoms with van der Waals surface area (Å²) in [4.78, 5) is 42.5. The average molecular weight is 622 g/mol. The Morgan fingerprint density at radius 2 is 1.76 bits per heavy atom. The van der Waals surface area contributed by atoms with E-state index in [1.165, 1.54) is 0 Å². The van der Waals surface area contributed by atoms with Gasteiger partial charge in [0.05, 0.1) is 6.61 Å². The third-order valence-corrected chi connectivity index (χ3v) is 9.53.